The van der Waals surface area contributed by atoms with Crippen molar-refractivity contribution in [2.75, 3.05) is 0 Å². The van der Waals surface area contributed by atoms with Gasteiger partial charge >= 0.3 is 5.97 Å². The predicted molar refractivity (Wildman–Crippen MR) is 192 cm³/mol. The first-order valence-corrected chi connectivity index (χ1v) is 17.2. The minimum absolute atomic E-state index is 0.318. The zero-order valence-corrected chi connectivity index (χ0v) is 28.5. The number of carbonyl (C=O) groups excluding carboxylic acids is 1. The second-order valence-electron chi connectivity index (χ2n) is 12.8. The molecular formula is C43H44O7. The highest BCUT2D eigenvalue weighted by atomic mass is 16.7. The van der Waals surface area contributed by atoms with Crippen molar-refractivity contribution in [2.24, 2.45) is 5.92 Å². The highest BCUT2D eigenvalue weighted by Gasteiger charge is 2.49. The van der Waals surface area contributed by atoms with Crippen LogP contribution in [0.25, 0.3) is 0 Å². The summed E-state index contributed by atoms with van der Waals surface area (Å²) in [5, 5.41) is 0. The Bertz CT molecular complexity index is 1710. The molecule has 1 aliphatic rings. The van der Waals surface area contributed by atoms with E-state index < -0.39 is 30.6 Å². The Morgan fingerprint density at radius 1 is 0.560 bits per heavy atom. The van der Waals surface area contributed by atoms with Crippen molar-refractivity contribution in [3.05, 3.63) is 168 Å². The average molecular weight is 673 g/mol. The molecule has 7 nitrogen and oxygen atoms in total. The second kappa shape index (κ2) is 17.7. The Hall–Kier alpha value is -4.79. The Morgan fingerprint density at radius 3 is 1.50 bits per heavy atom. The first-order chi connectivity index (χ1) is 24.5. The quantitative estimate of drug-likeness (QED) is 0.0813. The number of esters is 1. The van der Waals surface area contributed by atoms with Gasteiger partial charge in [-0.2, -0.15) is 0 Å². The third-order valence-corrected chi connectivity index (χ3v) is 8.45. The van der Waals surface area contributed by atoms with Crippen LogP contribution in [-0.4, -0.2) is 36.7 Å². The molecule has 0 saturated carbocycles. The van der Waals surface area contributed by atoms with Gasteiger partial charge in [0.15, 0.2) is 0 Å². The van der Waals surface area contributed by atoms with Crippen LogP contribution in [0.5, 0.6) is 11.5 Å². The third-order valence-electron chi connectivity index (χ3n) is 8.45. The Morgan fingerprint density at radius 2 is 1.00 bits per heavy atom. The maximum Gasteiger partial charge on any atom is 0.343 e. The number of rotatable bonds is 15. The van der Waals surface area contributed by atoms with Gasteiger partial charge in [-0.25, -0.2) is 4.79 Å². The van der Waals surface area contributed by atoms with Crippen molar-refractivity contribution in [1.29, 1.82) is 0 Å². The van der Waals surface area contributed by atoms with E-state index in [9.17, 15) is 4.79 Å². The molecule has 0 spiro atoms. The number of hydrogen-bond donors (Lipinski definition) is 0. The van der Waals surface area contributed by atoms with Gasteiger partial charge in [0, 0.05) is 0 Å². The molecule has 50 heavy (non-hydrogen) atoms. The number of benzene rings is 5. The lowest BCUT2D eigenvalue weighted by molar-refractivity contribution is -0.306. The van der Waals surface area contributed by atoms with Crippen LogP contribution in [0.3, 0.4) is 0 Å². The van der Waals surface area contributed by atoms with Gasteiger partial charge < -0.3 is 28.4 Å². The zero-order valence-electron chi connectivity index (χ0n) is 28.5. The summed E-state index contributed by atoms with van der Waals surface area (Å²) in [4.78, 5) is 12.6. The summed E-state index contributed by atoms with van der Waals surface area (Å²) in [6.45, 7) is 5.43. The highest BCUT2D eigenvalue weighted by Crippen LogP contribution is 2.34. The van der Waals surface area contributed by atoms with E-state index in [-0.39, 0.29) is 6.10 Å². The van der Waals surface area contributed by atoms with E-state index in [1.165, 1.54) is 0 Å². The van der Waals surface area contributed by atoms with Gasteiger partial charge in [0.05, 0.1) is 31.5 Å². The molecule has 0 aromatic heterocycles. The molecule has 1 aliphatic heterocycles. The lowest BCUT2D eigenvalue weighted by atomic mass is 9.92. The van der Waals surface area contributed by atoms with E-state index in [2.05, 4.69) is 26.0 Å². The fraction of sp³-hybridized carbons (Fsp3) is 0.279. The molecule has 1 heterocycles. The Labute approximate surface area is 294 Å². The molecule has 5 atom stereocenters. The van der Waals surface area contributed by atoms with Gasteiger partial charge in [0.2, 0.25) is 6.29 Å². The summed E-state index contributed by atoms with van der Waals surface area (Å²) in [5.74, 6) is 0.833. The summed E-state index contributed by atoms with van der Waals surface area (Å²) >= 11 is 0. The summed E-state index contributed by atoms with van der Waals surface area (Å²) < 4.78 is 39.2. The molecule has 6 rings (SSSR count). The monoisotopic (exact) mass is 672 g/mol. The highest BCUT2D eigenvalue weighted by molar-refractivity contribution is 5.90. The molecule has 1 saturated heterocycles. The molecule has 5 unspecified atom stereocenters. The summed E-state index contributed by atoms with van der Waals surface area (Å²) in [6, 6.07) is 46.1. The van der Waals surface area contributed by atoms with Crippen molar-refractivity contribution in [3.8, 4) is 11.5 Å². The van der Waals surface area contributed by atoms with Crippen LogP contribution < -0.4 is 9.47 Å². The summed E-state index contributed by atoms with van der Waals surface area (Å²) in [6.07, 6.45) is -2.06. The molecule has 0 N–H and O–H groups in total. The van der Waals surface area contributed by atoms with E-state index in [1.807, 2.05) is 84.9 Å². The van der Waals surface area contributed by atoms with Gasteiger partial charge in [0.25, 0.3) is 0 Å². The van der Waals surface area contributed by atoms with Gasteiger partial charge in [-0.15, -0.1) is 0 Å². The molecule has 0 aliphatic carbocycles. The van der Waals surface area contributed by atoms with E-state index in [0.29, 0.717) is 42.8 Å². The molecule has 258 valence electrons. The van der Waals surface area contributed by atoms with Crippen LogP contribution in [0.4, 0.5) is 0 Å². The lowest BCUT2D eigenvalue weighted by Gasteiger charge is -2.46. The standard InChI is InChI=1S/C43H44O7/c1-31(2)27-38-39(45-28-32-15-7-3-8-16-32)40(46-29-33-17-9-4-10-18-33)41(47-30-34-19-11-5-12-20-34)43(50-38)49-37-25-23-36(24-26-37)48-42(44)35-21-13-6-14-22-35/h3-26,31,38-41,43H,27-30H2,1-2H3. The minimum Gasteiger partial charge on any atom is -0.462 e. The maximum atomic E-state index is 12.6. The molecule has 0 bridgehead atoms. The van der Waals surface area contributed by atoms with Crippen LogP contribution in [0.15, 0.2) is 146 Å². The van der Waals surface area contributed by atoms with Crippen molar-refractivity contribution in [2.45, 2.75) is 70.8 Å². The average Bonchev–Trinajstić information content (AvgIpc) is 3.15. The zero-order chi connectivity index (χ0) is 34.5. The Kier molecular flexibility index (Phi) is 12.4. The third kappa shape index (κ3) is 9.89. The normalized spacial score (nSPS) is 20.3. The first kappa shape index (κ1) is 35.1. The molecule has 0 amide bonds. The van der Waals surface area contributed by atoms with E-state index in [1.54, 1.807) is 48.5 Å². The van der Waals surface area contributed by atoms with Crippen LogP contribution in [0.1, 0.15) is 47.3 Å². The Balaban J connectivity index is 1.28. The molecule has 5 aromatic carbocycles. The van der Waals surface area contributed by atoms with E-state index in [0.717, 1.165) is 23.1 Å². The molecule has 1 fully saturated rings. The second-order valence-corrected chi connectivity index (χ2v) is 12.8. The van der Waals surface area contributed by atoms with Crippen LogP contribution >= 0.6 is 0 Å². The van der Waals surface area contributed by atoms with Gasteiger partial charge in [-0.1, -0.05) is 123 Å². The van der Waals surface area contributed by atoms with E-state index in [4.69, 9.17) is 28.4 Å². The summed E-state index contributed by atoms with van der Waals surface area (Å²) in [5.41, 5.74) is 3.60. The first-order valence-electron chi connectivity index (χ1n) is 17.2. The van der Waals surface area contributed by atoms with E-state index >= 15 is 0 Å². The molecular weight excluding hydrogens is 628 g/mol. The SMILES string of the molecule is CC(C)CC1OC(Oc2ccc(OC(=O)c3ccccc3)cc2)C(OCc2ccccc2)C(OCc2ccccc2)C1OCc1ccccc1. The minimum atomic E-state index is -0.822. The smallest absolute Gasteiger partial charge is 0.343 e. The van der Waals surface area contributed by atoms with Crippen molar-refractivity contribution >= 4 is 5.97 Å². The van der Waals surface area contributed by atoms with Gasteiger partial charge in [0.1, 0.15) is 29.8 Å². The van der Waals surface area contributed by atoms with Crippen LogP contribution in [-0.2, 0) is 38.8 Å². The maximum absolute atomic E-state index is 12.6. The fourth-order valence-electron chi connectivity index (χ4n) is 5.96. The van der Waals surface area contributed by atoms with Crippen LogP contribution in [0, 0.1) is 5.92 Å². The number of hydrogen-bond acceptors (Lipinski definition) is 7. The predicted octanol–water partition coefficient (Wildman–Crippen LogP) is 8.81. The number of carbonyl (C=O) groups is 1. The summed E-state index contributed by atoms with van der Waals surface area (Å²) in [7, 11) is 0. The largest absolute Gasteiger partial charge is 0.462 e. The number of ether oxygens (including phenoxy) is 6. The molecule has 5 aromatic rings. The topological polar surface area (TPSA) is 72.5 Å². The van der Waals surface area contributed by atoms with Crippen LogP contribution in [0.2, 0.25) is 0 Å². The lowest BCUT2D eigenvalue weighted by Crippen LogP contribution is -2.61. The van der Waals surface area contributed by atoms with Crippen molar-refractivity contribution in [3.63, 3.8) is 0 Å². The fourth-order valence-corrected chi connectivity index (χ4v) is 5.96. The van der Waals surface area contributed by atoms with Crippen molar-refractivity contribution in [1.82, 2.24) is 0 Å². The van der Waals surface area contributed by atoms with Crippen molar-refractivity contribution < 1.29 is 33.2 Å². The molecule has 7 heteroatoms. The van der Waals surface area contributed by atoms with Gasteiger partial charge in [-0.05, 0) is 65.4 Å². The molecule has 0 radical (unpaired) electrons. The van der Waals surface area contributed by atoms with Gasteiger partial charge in [-0.3, -0.25) is 0 Å².